The average molecular weight is 371 g/mol. The Bertz CT molecular complexity index is 350. The van der Waals surface area contributed by atoms with Crippen LogP contribution in [0.4, 0.5) is 0 Å². The first-order valence-corrected chi connectivity index (χ1v) is 10.3. The molecule has 0 heterocycles. The summed E-state index contributed by atoms with van der Waals surface area (Å²) in [5, 5.41) is 0. The lowest BCUT2D eigenvalue weighted by molar-refractivity contribution is -0.146. The van der Waals surface area contributed by atoms with Crippen molar-refractivity contribution in [2.75, 3.05) is 13.2 Å². The number of hydrogen-bond donors (Lipinski definition) is 0. The van der Waals surface area contributed by atoms with Gasteiger partial charge in [-0.2, -0.15) is 0 Å². The first-order valence-electron chi connectivity index (χ1n) is 10.3. The maximum Gasteiger partial charge on any atom is 0.305 e. The van der Waals surface area contributed by atoms with E-state index in [1.165, 1.54) is 0 Å². The van der Waals surface area contributed by atoms with Gasteiger partial charge >= 0.3 is 11.9 Å². The van der Waals surface area contributed by atoms with Gasteiger partial charge in [-0.05, 0) is 62.2 Å². The van der Waals surface area contributed by atoms with E-state index >= 15 is 0 Å². The highest BCUT2D eigenvalue weighted by Gasteiger charge is 2.11. The summed E-state index contributed by atoms with van der Waals surface area (Å²) in [6.07, 6.45) is 8.42. The summed E-state index contributed by atoms with van der Waals surface area (Å²) in [7, 11) is 0. The van der Waals surface area contributed by atoms with Gasteiger partial charge in [-0.15, -0.1) is 0 Å². The van der Waals surface area contributed by atoms with Crippen molar-refractivity contribution < 1.29 is 19.1 Å². The standard InChI is InChI=1S/C22H42O4/c1-21(2,3)15-9-11-17-25-19(23)13-7-8-14-20(24)26-18-12-10-16-22(4,5)6/h7-18H2,1-6H3. The van der Waals surface area contributed by atoms with Crippen LogP contribution in [0.3, 0.4) is 0 Å². The molecule has 0 bridgehead atoms. The van der Waals surface area contributed by atoms with Crippen LogP contribution in [0.25, 0.3) is 0 Å². The Kier molecular flexibility index (Phi) is 12.6. The Labute approximate surface area is 161 Å². The van der Waals surface area contributed by atoms with Crippen molar-refractivity contribution in [1.29, 1.82) is 0 Å². The molecule has 0 amide bonds. The van der Waals surface area contributed by atoms with Gasteiger partial charge in [0.25, 0.3) is 0 Å². The molecule has 0 fully saturated rings. The zero-order chi connectivity index (χ0) is 20.1. The molecule has 0 N–H and O–H groups in total. The maximum atomic E-state index is 11.6. The van der Waals surface area contributed by atoms with Crippen LogP contribution in [-0.4, -0.2) is 25.2 Å². The third-order valence-corrected chi connectivity index (χ3v) is 4.18. The maximum absolute atomic E-state index is 11.6. The monoisotopic (exact) mass is 370 g/mol. The van der Waals surface area contributed by atoms with Crippen LogP contribution in [0.2, 0.25) is 0 Å². The lowest BCUT2D eigenvalue weighted by atomic mass is 9.90. The molecular weight excluding hydrogens is 328 g/mol. The van der Waals surface area contributed by atoms with Gasteiger partial charge in [0.15, 0.2) is 0 Å². The van der Waals surface area contributed by atoms with Crippen molar-refractivity contribution in [3.63, 3.8) is 0 Å². The third kappa shape index (κ3) is 19.3. The van der Waals surface area contributed by atoms with E-state index in [0.29, 0.717) is 49.7 Å². The molecular formula is C22H42O4. The predicted molar refractivity (Wildman–Crippen MR) is 107 cm³/mol. The van der Waals surface area contributed by atoms with Crippen molar-refractivity contribution >= 4 is 11.9 Å². The van der Waals surface area contributed by atoms with Crippen molar-refractivity contribution in [2.24, 2.45) is 10.8 Å². The van der Waals surface area contributed by atoms with E-state index < -0.39 is 0 Å². The van der Waals surface area contributed by atoms with E-state index in [4.69, 9.17) is 9.47 Å². The van der Waals surface area contributed by atoms with E-state index in [9.17, 15) is 9.59 Å². The van der Waals surface area contributed by atoms with Crippen molar-refractivity contribution in [2.45, 2.75) is 106 Å². The van der Waals surface area contributed by atoms with Crippen molar-refractivity contribution in [3.8, 4) is 0 Å². The fourth-order valence-corrected chi connectivity index (χ4v) is 2.57. The number of carbonyl (C=O) groups excluding carboxylic acids is 2. The van der Waals surface area contributed by atoms with Crippen LogP contribution in [0, 0.1) is 10.8 Å². The molecule has 0 spiro atoms. The van der Waals surface area contributed by atoms with Gasteiger partial charge in [0.1, 0.15) is 0 Å². The van der Waals surface area contributed by atoms with E-state index in [0.717, 1.165) is 38.5 Å². The number of rotatable bonds is 13. The topological polar surface area (TPSA) is 52.6 Å². The summed E-state index contributed by atoms with van der Waals surface area (Å²) in [5.74, 6) is -0.312. The number of unbranched alkanes of at least 4 members (excludes halogenated alkanes) is 3. The quantitative estimate of drug-likeness (QED) is 0.292. The van der Waals surface area contributed by atoms with Crippen LogP contribution in [0.15, 0.2) is 0 Å². The number of esters is 2. The third-order valence-electron chi connectivity index (χ3n) is 4.18. The second-order valence-corrected chi connectivity index (χ2v) is 9.68. The molecule has 0 aliphatic heterocycles. The Hall–Kier alpha value is -1.06. The molecule has 0 aromatic heterocycles. The molecule has 0 aromatic rings. The molecule has 0 saturated heterocycles. The van der Waals surface area contributed by atoms with Gasteiger partial charge in [-0.3, -0.25) is 9.59 Å². The zero-order valence-electron chi connectivity index (χ0n) is 18.1. The predicted octanol–water partition coefficient (Wildman–Crippen LogP) is 6.07. The minimum Gasteiger partial charge on any atom is -0.466 e. The number of carbonyl (C=O) groups is 2. The molecule has 154 valence electrons. The molecule has 0 aliphatic carbocycles. The fourth-order valence-electron chi connectivity index (χ4n) is 2.57. The number of hydrogen-bond acceptors (Lipinski definition) is 4. The molecule has 26 heavy (non-hydrogen) atoms. The second kappa shape index (κ2) is 13.2. The first kappa shape index (κ1) is 24.9. The van der Waals surface area contributed by atoms with Gasteiger partial charge < -0.3 is 9.47 Å². The highest BCUT2D eigenvalue weighted by Crippen LogP contribution is 2.22. The van der Waals surface area contributed by atoms with Crippen LogP contribution < -0.4 is 0 Å². The van der Waals surface area contributed by atoms with Gasteiger partial charge in [0.2, 0.25) is 0 Å². The molecule has 0 radical (unpaired) electrons. The van der Waals surface area contributed by atoms with Gasteiger partial charge in [-0.1, -0.05) is 41.5 Å². The Morgan fingerprint density at radius 3 is 1.23 bits per heavy atom. The number of ether oxygens (including phenoxy) is 2. The molecule has 0 atom stereocenters. The minimum absolute atomic E-state index is 0.156. The largest absolute Gasteiger partial charge is 0.466 e. The fraction of sp³-hybridized carbons (Fsp3) is 0.909. The Morgan fingerprint density at radius 1 is 0.577 bits per heavy atom. The second-order valence-electron chi connectivity index (χ2n) is 9.68. The van der Waals surface area contributed by atoms with E-state index in [1.54, 1.807) is 0 Å². The van der Waals surface area contributed by atoms with Gasteiger partial charge in [-0.25, -0.2) is 0 Å². The lowest BCUT2D eigenvalue weighted by Gasteiger charge is -2.17. The highest BCUT2D eigenvalue weighted by molar-refractivity contribution is 5.70. The van der Waals surface area contributed by atoms with Crippen molar-refractivity contribution in [3.05, 3.63) is 0 Å². The molecule has 0 rings (SSSR count). The molecule has 0 unspecified atom stereocenters. The SMILES string of the molecule is CC(C)(C)CCCCOC(=O)CCCCC(=O)OCCCCC(C)(C)C. The van der Waals surface area contributed by atoms with Crippen LogP contribution in [-0.2, 0) is 19.1 Å². The van der Waals surface area contributed by atoms with Gasteiger partial charge in [0, 0.05) is 12.8 Å². The lowest BCUT2D eigenvalue weighted by Crippen LogP contribution is -2.09. The minimum atomic E-state index is -0.156. The summed E-state index contributed by atoms with van der Waals surface area (Å²) in [6.45, 7) is 14.3. The van der Waals surface area contributed by atoms with Crippen LogP contribution in [0.5, 0.6) is 0 Å². The summed E-state index contributed by atoms with van der Waals surface area (Å²) >= 11 is 0. The van der Waals surface area contributed by atoms with E-state index in [1.807, 2.05) is 0 Å². The summed E-state index contributed by atoms with van der Waals surface area (Å²) in [5.41, 5.74) is 0.677. The van der Waals surface area contributed by atoms with Crippen LogP contribution >= 0.6 is 0 Å². The Balaban J connectivity index is 3.47. The summed E-state index contributed by atoms with van der Waals surface area (Å²) < 4.78 is 10.5. The normalized spacial score (nSPS) is 12.1. The highest BCUT2D eigenvalue weighted by atomic mass is 16.5. The van der Waals surface area contributed by atoms with Crippen LogP contribution in [0.1, 0.15) is 106 Å². The molecule has 0 aliphatic rings. The zero-order valence-corrected chi connectivity index (χ0v) is 18.1. The average Bonchev–Trinajstić information content (AvgIpc) is 2.48. The summed E-state index contributed by atoms with van der Waals surface area (Å²) in [4.78, 5) is 23.3. The molecule has 0 aromatic carbocycles. The smallest absolute Gasteiger partial charge is 0.305 e. The molecule has 4 nitrogen and oxygen atoms in total. The first-order chi connectivity index (χ1) is 12.0. The van der Waals surface area contributed by atoms with E-state index in [-0.39, 0.29) is 11.9 Å². The van der Waals surface area contributed by atoms with E-state index in [2.05, 4.69) is 41.5 Å². The van der Waals surface area contributed by atoms with Gasteiger partial charge in [0.05, 0.1) is 13.2 Å². The molecule has 0 saturated carbocycles. The summed E-state index contributed by atoms with van der Waals surface area (Å²) in [6, 6.07) is 0. The molecule has 4 heteroatoms. The van der Waals surface area contributed by atoms with Crippen molar-refractivity contribution in [1.82, 2.24) is 0 Å². The Morgan fingerprint density at radius 2 is 0.923 bits per heavy atom.